The molecule has 27 heavy (non-hydrogen) atoms. The number of methoxy groups -OCH3 is 1. The number of carbonyl (C=O) groups is 2. The normalized spacial score (nSPS) is 9.96. The second kappa shape index (κ2) is 10.7. The number of rotatable bonds is 10. The summed E-state index contributed by atoms with van der Waals surface area (Å²) in [5.41, 5.74) is 1.46. The van der Waals surface area contributed by atoms with Crippen LogP contribution in [0.4, 0.5) is 0 Å². The van der Waals surface area contributed by atoms with Gasteiger partial charge in [-0.25, -0.2) is 0 Å². The highest BCUT2D eigenvalue weighted by Gasteiger charge is 2.11. The van der Waals surface area contributed by atoms with Crippen molar-refractivity contribution < 1.29 is 19.1 Å². The van der Waals surface area contributed by atoms with Gasteiger partial charge in [-0.3, -0.25) is 9.59 Å². The Morgan fingerprint density at radius 2 is 1.85 bits per heavy atom. The molecule has 0 radical (unpaired) electrons. The van der Waals surface area contributed by atoms with Gasteiger partial charge in [-0.15, -0.1) is 0 Å². The molecular formula is C21H24N2O4. The predicted molar refractivity (Wildman–Crippen MR) is 104 cm³/mol. The molecule has 0 aliphatic rings. The second-order valence-corrected chi connectivity index (χ2v) is 5.73. The zero-order chi connectivity index (χ0) is 19.5. The molecule has 0 fully saturated rings. The van der Waals surface area contributed by atoms with Crippen molar-refractivity contribution in [3.63, 3.8) is 0 Å². The van der Waals surface area contributed by atoms with Crippen LogP contribution in [0.5, 0.6) is 11.5 Å². The zero-order valence-electron chi connectivity index (χ0n) is 15.4. The van der Waals surface area contributed by atoms with Crippen LogP contribution in [0.1, 0.15) is 22.3 Å². The number of carbonyl (C=O) groups excluding carboxylic acids is 2. The minimum Gasteiger partial charge on any atom is -0.493 e. The third-order valence-corrected chi connectivity index (χ3v) is 3.75. The van der Waals surface area contributed by atoms with Gasteiger partial charge in [-0.05, 0) is 23.8 Å². The molecule has 2 rings (SSSR count). The summed E-state index contributed by atoms with van der Waals surface area (Å²) in [6.45, 7) is 4.66. The summed E-state index contributed by atoms with van der Waals surface area (Å²) in [6.07, 6.45) is 1.83. The summed E-state index contributed by atoms with van der Waals surface area (Å²) < 4.78 is 10.7. The van der Waals surface area contributed by atoms with Crippen LogP contribution < -0.4 is 20.1 Å². The summed E-state index contributed by atoms with van der Waals surface area (Å²) in [5, 5.41) is 5.55. The van der Waals surface area contributed by atoms with E-state index in [2.05, 4.69) is 17.2 Å². The minimum atomic E-state index is -0.278. The van der Waals surface area contributed by atoms with Crippen LogP contribution in [0.2, 0.25) is 0 Å². The van der Waals surface area contributed by atoms with E-state index in [1.165, 1.54) is 7.11 Å². The van der Waals surface area contributed by atoms with E-state index in [4.69, 9.17) is 9.47 Å². The Hall–Kier alpha value is -3.28. The fraction of sp³-hybridized carbons (Fsp3) is 0.238. The number of hydrogen-bond donors (Lipinski definition) is 2. The first kappa shape index (κ1) is 20.0. The van der Waals surface area contributed by atoms with Gasteiger partial charge in [-0.1, -0.05) is 43.0 Å². The third kappa shape index (κ3) is 6.51. The van der Waals surface area contributed by atoms with E-state index in [1.807, 2.05) is 30.3 Å². The van der Waals surface area contributed by atoms with Gasteiger partial charge in [-0.2, -0.15) is 0 Å². The molecule has 6 nitrogen and oxygen atoms in total. The quantitative estimate of drug-likeness (QED) is 0.632. The maximum Gasteiger partial charge on any atom is 0.251 e. The number of benzene rings is 2. The largest absolute Gasteiger partial charge is 0.493 e. The third-order valence-electron chi connectivity index (χ3n) is 3.75. The predicted octanol–water partition coefficient (Wildman–Crippen LogP) is 2.70. The maximum atomic E-state index is 12.2. The molecule has 6 heteroatoms. The SMILES string of the molecule is C=CCOc1ccc(C(=O)NCCC(=O)NCc2ccccc2)cc1OC. The number of amides is 2. The Balaban J connectivity index is 1.79. The molecular weight excluding hydrogens is 344 g/mol. The van der Waals surface area contributed by atoms with Crippen LogP contribution in [0.15, 0.2) is 61.2 Å². The molecule has 2 aromatic carbocycles. The van der Waals surface area contributed by atoms with E-state index in [-0.39, 0.29) is 24.8 Å². The summed E-state index contributed by atoms with van der Waals surface area (Å²) in [6, 6.07) is 14.6. The number of hydrogen-bond acceptors (Lipinski definition) is 4. The van der Waals surface area contributed by atoms with Gasteiger partial charge in [0, 0.05) is 25.1 Å². The van der Waals surface area contributed by atoms with Crippen molar-refractivity contribution in [2.45, 2.75) is 13.0 Å². The maximum absolute atomic E-state index is 12.2. The Kier molecular flexibility index (Phi) is 7.91. The van der Waals surface area contributed by atoms with Crippen molar-refractivity contribution in [2.24, 2.45) is 0 Å². The van der Waals surface area contributed by atoms with E-state index in [9.17, 15) is 9.59 Å². The molecule has 0 atom stereocenters. The van der Waals surface area contributed by atoms with Gasteiger partial charge in [0.05, 0.1) is 7.11 Å². The molecule has 0 unspecified atom stereocenters. The standard InChI is InChI=1S/C21H24N2O4/c1-3-13-27-18-10-9-17(14-19(18)26-2)21(25)22-12-11-20(24)23-15-16-7-5-4-6-8-16/h3-10,14H,1,11-13,15H2,2H3,(H,22,25)(H,23,24). The van der Waals surface area contributed by atoms with Crippen molar-refractivity contribution in [2.75, 3.05) is 20.3 Å². The topological polar surface area (TPSA) is 76.7 Å². The molecule has 0 heterocycles. The molecule has 0 aliphatic carbocycles. The van der Waals surface area contributed by atoms with E-state index in [0.717, 1.165) is 5.56 Å². The number of ether oxygens (including phenoxy) is 2. The van der Waals surface area contributed by atoms with Crippen LogP contribution in [0, 0.1) is 0 Å². The summed E-state index contributed by atoms with van der Waals surface area (Å²) in [7, 11) is 1.51. The molecule has 2 aromatic rings. The van der Waals surface area contributed by atoms with E-state index >= 15 is 0 Å². The van der Waals surface area contributed by atoms with Gasteiger partial charge in [0.25, 0.3) is 5.91 Å². The average Bonchev–Trinajstić information content (AvgIpc) is 2.71. The van der Waals surface area contributed by atoms with E-state index < -0.39 is 0 Å². The van der Waals surface area contributed by atoms with Gasteiger partial charge < -0.3 is 20.1 Å². The smallest absolute Gasteiger partial charge is 0.251 e. The lowest BCUT2D eigenvalue weighted by Gasteiger charge is -2.11. The highest BCUT2D eigenvalue weighted by molar-refractivity contribution is 5.95. The fourth-order valence-corrected chi connectivity index (χ4v) is 2.35. The van der Waals surface area contributed by atoms with E-state index in [1.54, 1.807) is 24.3 Å². The van der Waals surface area contributed by atoms with E-state index in [0.29, 0.717) is 30.2 Å². The zero-order valence-corrected chi connectivity index (χ0v) is 15.4. The lowest BCUT2D eigenvalue weighted by Crippen LogP contribution is -2.30. The van der Waals surface area contributed by atoms with Crippen LogP contribution in [0.25, 0.3) is 0 Å². The molecule has 2 amide bonds. The number of nitrogens with one attached hydrogen (secondary N) is 2. The Morgan fingerprint density at radius 3 is 2.56 bits per heavy atom. The molecule has 0 saturated carbocycles. The summed E-state index contributed by atoms with van der Waals surface area (Å²) in [4.78, 5) is 24.1. The molecule has 142 valence electrons. The van der Waals surface area contributed by atoms with Crippen molar-refractivity contribution in [1.29, 1.82) is 0 Å². The van der Waals surface area contributed by atoms with Crippen LogP contribution in [0.3, 0.4) is 0 Å². The fourth-order valence-electron chi connectivity index (χ4n) is 2.35. The first-order chi connectivity index (χ1) is 13.1. The highest BCUT2D eigenvalue weighted by atomic mass is 16.5. The molecule has 0 aliphatic heterocycles. The van der Waals surface area contributed by atoms with Crippen molar-refractivity contribution in [3.05, 3.63) is 72.3 Å². The van der Waals surface area contributed by atoms with Gasteiger partial charge in [0.15, 0.2) is 11.5 Å². The van der Waals surface area contributed by atoms with Gasteiger partial charge in [0.2, 0.25) is 5.91 Å². The first-order valence-corrected chi connectivity index (χ1v) is 8.64. The molecule has 0 saturated heterocycles. The van der Waals surface area contributed by atoms with Crippen molar-refractivity contribution in [1.82, 2.24) is 10.6 Å². The second-order valence-electron chi connectivity index (χ2n) is 5.73. The minimum absolute atomic E-state index is 0.120. The van der Waals surface area contributed by atoms with Crippen molar-refractivity contribution >= 4 is 11.8 Å². The molecule has 0 spiro atoms. The summed E-state index contributed by atoms with van der Waals surface area (Å²) in [5.74, 6) is 0.601. The summed E-state index contributed by atoms with van der Waals surface area (Å²) >= 11 is 0. The van der Waals surface area contributed by atoms with Crippen LogP contribution in [-0.4, -0.2) is 32.1 Å². The first-order valence-electron chi connectivity index (χ1n) is 8.64. The Labute approximate surface area is 159 Å². The lowest BCUT2D eigenvalue weighted by atomic mass is 10.2. The molecule has 2 N–H and O–H groups in total. The highest BCUT2D eigenvalue weighted by Crippen LogP contribution is 2.28. The van der Waals surface area contributed by atoms with Crippen molar-refractivity contribution in [3.8, 4) is 11.5 Å². The lowest BCUT2D eigenvalue weighted by molar-refractivity contribution is -0.121. The van der Waals surface area contributed by atoms with Gasteiger partial charge >= 0.3 is 0 Å². The average molecular weight is 368 g/mol. The van der Waals surface area contributed by atoms with Crippen LogP contribution >= 0.6 is 0 Å². The monoisotopic (exact) mass is 368 g/mol. The Bertz CT molecular complexity index is 775. The van der Waals surface area contributed by atoms with Crippen LogP contribution in [-0.2, 0) is 11.3 Å². The molecule has 0 aromatic heterocycles. The molecule has 0 bridgehead atoms. The van der Waals surface area contributed by atoms with Gasteiger partial charge in [0.1, 0.15) is 6.61 Å². The Morgan fingerprint density at radius 1 is 1.07 bits per heavy atom.